The Balaban J connectivity index is 0.000000384. The first-order chi connectivity index (χ1) is 9.96. The Morgan fingerprint density at radius 2 is 1.81 bits per heavy atom. The molecule has 1 aromatic carbocycles. The number of nitrogens with one attached hydrogen (secondary N) is 1. The number of hydrogen-bond donors (Lipinski definition) is 1. The van der Waals surface area contributed by atoms with Crippen molar-refractivity contribution in [3.63, 3.8) is 0 Å². The van der Waals surface area contributed by atoms with E-state index in [1.807, 2.05) is 12.1 Å². The highest BCUT2D eigenvalue weighted by Crippen LogP contribution is 2.02. The number of benzene rings is 1. The lowest BCUT2D eigenvalue weighted by Crippen LogP contribution is -2.22. The molecule has 21 heavy (non-hydrogen) atoms. The Kier molecular flexibility index (Phi) is 9.28. The van der Waals surface area contributed by atoms with Gasteiger partial charge in [0.2, 0.25) is 0 Å². The molecule has 1 rings (SSSR count). The van der Waals surface area contributed by atoms with Crippen molar-refractivity contribution in [2.24, 2.45) is 0 Å². The van der Waals surface area contributed by atoms with Crippen molar-refractivity contribution in [3.05, 3.63) is 35.4 Å². The summed E-state index contributed by atoms with van der Waals surface area (Å²) in [5, 5.41) is 6.83. The van der Waals surface area contributed by atoms with Crippen molar-refractivity contribution in [1.82, 2.24) is 0 Å². The number of esters is 1. The van der Waals surface area contributed by atoms with Gasteiger partial charge in [0.05, 0.1) is 13.2 Å². The Morgan fingerprint density at radius 1 is 1.24 bits per heavy atom. The number of carbonyl (C=O) groups is 3. The van der Waals surface area contributed by atoms with Crippen molar-refractivity contribution in [2.45, 2.75) is 20.5 Å². The zero-order valence-corrected chi connectivity index (χ0v) is 12.3. The van der Waals surface area contributed by atoms with Crippen molar-refractivity contribution < 1.29 is 23.9 Å². The highest BCUT2D eigenvalue weighted by Gasteiger charge is 2.13. The minimum Gasteiger partial charge on any atom is -0.461 e. The van der Waals surface area contributed by atoms with Crippen LogP contribution in [0, 0.1) is 5.41 Å². The molecule has 1 N–H and O–H groups in total. The number of Topliss-reactive ketones (excluding diaryl/α,β-unsaturated/α-hetero) is 1. The molecule has 0 radical (unpaired) electrons. The molecular weight excluding hydrogens is 274 g/mol. The average Bonchev–Trinajstić information content (AvgIpc) is 2.48. The lowest BCUT2D eigenvalue weighted by atomic mass is 10.2. The normalized spacial score (nSPS) is 9.10. The van der Waals surface area contributed by atoms with Crippen LogP contribution in [0.15, 0.2) is 24.3 Å². The van der Waals surface area contributed by atoms with E-state index in [4.69, 9.17) is 10.1 Å². The van der Waals surface area contributed by atoms with Crippen molar-refractivity contribution >= 4 is 23.8 Å². The summed E-state index contributed by atoms with van der Waals surface area (Å²) < 4.78 is 9.29. The van der Waals surface area contributed by atoms with Crippen LogP contribution in [0.1, 0.15) is 29.8 Å². The predicted octanol–water partition coefficient (Wildman–Crippen LogP) is 1.80. The molecule has 0 atom stereocenters. The molecule has 1 aromatic rings. The van der Waals surface area contributed by atoms with Crippen LogP contribution in [0.2, 0.25) is 0 Å². The van der Waals surface area contributed by atoms with E-state index in [1.54, 1.807) is 26.2 Å². The van der Waals surface area contributed by atoms with Crippen LogP contribution in [0.25, 0.3) is 0 Å². The fraction of sp³-hybridized carbons (Fsp3) is 0.333. The van der Waals surface area contributed by atoms with Crippen LogP contribution in [0.5, 0.6) is 0 Å². The van der Waals surface area contributed by atoms with Crippen molar-refractivity contribution in [2.75, 3.05) is 13.7 Å². The molecule has 0 fully saturated rings. The monoisotopic (exact) mass is 293 g/mol. The summed E-state index contributed by atoms with van der Waals surface area (Å²) >= 11 is 0. The number of ketones is 1. The summed E-state index contributed by atoms with van der Waals surface area (Å²) in [6, 6.07) is 7.32. The Hall–Kier alpha value is -2.34. The summed E-state index contributed by atoms with van der Waals surface area (Å²) in [4.78, 5) is 31.1. The van der Waals surface area contributed by atoms with E-state index in [0.717, 1.165) is 18.8 Å². The highest BCUT2D eigenvalue weighted by molar-refractivity contribution is 6.62. The summed E-state index contributed by atoms with van der Waals surface area (Å²) in [6.45, 7) is 3.55. The zero-order valence-electron chi connectivity index (χ0n) is 12.3. The van der Waals surface area contributed by atoms with Gasteiger partial charge in [-0.25, -0.2) is 4.79 Å². The van der Waals surface area contributed by atoms with Gasteiger partial charge in [-0.1, -0.05) is 24.3 Å². The van der Waals surface area contributed by atoms with Gasteiger partial charge in [-0.05, 0) is 12.5 Å². The Labute approximate surface area is 123 Å². The largest absolute Gasteiger partial charge is 0.461 e. The molecule has 0 aliphatic carbocycles. The van der Waals surface area contributed by atoms with Gasteiger partial charge in [0, 0.05) is 19.6 Å². The average molecular weight is 293 g/mol. The fourth-order valence-electron chi connectivity index (χ4n) is 1.21. The SMILES string of the molecule is CCOC(=O)C(=N)C(C)=O.COCc1ccc(C=O)cc1. The molecule has 0 spiro atoms. The molecule has 0 aromatic heterocycles. The number of methoxy groups -OCH3 is 1. The van der Waals surface area contributed by atoms with Gasteiger partial charge >= 0.3 is 5.97 Å². The third-order valence-electron chi connectivity index (χ3n) is 2.26. The third-order valence-corrected chi connectivity index (χ3v) is 2.26. The number of aldehydes is 1. The van der Waals surface area contributed by atoms with Crippen LogP contribution in [0.3, 0.4) is 0 Å². The summed E-state index contributed by atoms with van der Waals surface area (Å²) in [5.41, 5.74) is 1.19. The van der Waals surface area contributed by atoms with Crippen molar-refractivity contribution in [3.8, 4) is 0 Å². The Morgan fingerprint density at radius 3 is 2.19 bits per heavy atom. The van der Waals surface area contributed by atoms with Gasteiger partial charge in [0.1, 0.15) is 6.29 Å². The second-order valence-electron chi connectivity index (χ2n) is 3.94. The molecule has 6 heteroatoms. The Bertz CT molecular complexity index is 493. The smallest absolute Gasteiger partial charge is 0.359 e. The standard InChI is InChI=1S/C9H10O2.C6H9NO3/c1-11-7-9-4-2-8(6-10)3-5-9;1-3-10-6(9)5(7)4(2)8/h2-6H,7H2,1H3;7H,3H2,1-2H3. The molecule has 0 saturated carbocycles. The molecule has 0 aliphatic heterocycles. The maximum Gasteiger partial charge on any atom is 0.359 e. The minimum absolute atomic E-state index is 0.189. The minimum atomic E-state index is -0.852. The number of ether oxygens (including phenoxy) is 2. The van der Waals surface area contributed by atoms with Gasteiger partial charge < -0.3 is 9.47 Å². The number of hydrogen-bond acceptors (Lipinski definition) is 6. The lowest BCUT2D eigenvalue weighted by molar-refractivity contribution is -0.135. The molecular formula is C15H19NO5. The van der Waals surface area contributed by atoms with Crippen LogP contribution in [-0.4, -0.2) is 37.5 Å². The van der Waals surface area contributed by atoms with Crippen LogP contribution in [0.4, 0.5) is 0 Å². The van der Waals surface area contributed by atoms with Gasteiger partial charge in [-0.3, -0.25) is 15.0 Å². The second kappa shape index (κ2) is 10.4. The van der Waals surface area contributed by atoms with Gasteiger partial charge in [-0.15, -0.1) is 0 Å². The zero-order chi connectivity index (χ0) is 16.3. The van der Waals surface area contributed by atoms with Crippen molar-refractivity contribution in [1.29, 1.82) is 5.41 Å². The number of rotatable bonds is 6. The van der Waals surface area contributed by atoms with E-state index in [0.29, 0.717) is 12.2 Å². The van der Waals surface area contributed by atoms with E-state index in [9.17, 15) is 14.4 Å². The fourth-order valence-corrected chi connectivity index (χ4v) is 1.21. The quantitative estimate of drug-likeness (QED) is 0.373. The van der Waals surface area contributed by atoms with Crippen LogP contribution >= 0.6 is 0 Å². The first kappa shape index (κ1) is 18.7. The third kappa shape index (κ3) is 7.74. The maximum absolute atomic E-state index is 10.5. The molecule has 0 saturated heterocycles. The highest BCUT2D eigenvalue weighted by atomic mass is 16.5. The van der Waals surface area contributed by atoms with E-state index >= 15 is 0 Å². The lowest BCUT2D eigenvalue weighted by Gasteiger charge is -1.97. The topological polar surface area (TPSA) is 93.5 Å². The van der Waals surface area contributed by atoms with E-state index in [-0.39, 0.29) is 6.61 Å². The van der Waals surface area contributed by atoms with E-state index in [1.165, 1.54) is 0 Å². The predicted molar refractivity (Wildman–Crippen MR) is 77.6 cm³/mol. The second-order valence-corrected chi connectivity index (χ2v) is 3.94. The molecule has 0 aliphatic rings. The summed E-state index contributed by atoms with van der Waals surface area (Å²) in [7, 11) is 1.65. The van der Waals surface area contributed by atoms with E-state index in [2.05, 4.69) is 4.74 Å². The summed E-state index contributed by atoms with van der Waals surface area (Å²) in [5.74, 6) is -1.42. The molecule has 0 bridgehead atoms. The molecule has 6 nitrogen and oxygen atoms in total. The van der Waals surface area contributed by atoms with Gasteiger partial charge in [0.15, 0.2) is 11.5 Å². The first-order valence-corrected chi connectivity index (χ1v) is 6.25. The number of carbonyl (C=O) groups excluding carboxylic acids is 3. The maximum atomic E-state index is 10.5. The van der Waals surface area contributed by atoms with E-state index < -0.39 is 17.5 Å². The molecule has 0 heterocycles. The van der Waals surface area contributed by atoms with Crippen LogP contribution in [-0.2, 0) is 25.7 Å². The first-order valence-electron chi connectivity index (χ1n) is 6.25. The van der Waals surface area contributed by atoms with Crippen LogP contribution < -0.4 is 0 Å². The summed E-state index contributed by atoms with van der Waals surface area (Å²) in [6.07, 6.45) is 0.830. The molecule has 114 valence electrons. The van der Waals surface area contributed by atoms with Gasteiger partial charge in [-0.2, -0.15) is 0 Å². The molecule has 0 amide bonds. The van der Waals surface area contributed by atoms with Gasteiger partial charge in [0.25, 0.3) is 0 Å². The molecule has 0 unspecified atom stereocenters.